The van der Waals surface area contributed by atoms with Gasteiger partial charge in [0.15, 0.2) is 23.9 Å². The molecule has 214 valence electrons. The van der Waals surface area contributed by atoms with Gasteiger partial charge in [0, 0.05) is 29.9 Å². The van der Waals surface area contributed by atoms with Crippen LogP contribution in [-0.4, -0.2) is 66.4 Å². The summed E-state index contributed by atoms with van der Waals surface area (Å²) in [4.78, 5) is 33.1. The van der Waals surface area contributed by atoms with Crippen molar-refractivity contribution in [3.8, 4) is 5.69 Å². The van der Waals surface area contributed by atoms with Crippen LogP contribution in [0, 0.1) is 5.41 Å². The van der Waals surface area contributed by atoms with Gasteiger partial charge in [-0.25, -0.2) is 14.5 Å². The van der Waals surface area contributed by atoms with Crippen LogP contribution in [0.5, 0.6) is 0 Å². The van der Waals surface area contributed by atoms with Gasteiger partial charge in [-0.1, -0.05) is 34.8 Å². The van der Waals surface area contributed by atoms with Crippen LogP contribution in [0.2, 0.25) is 15.1 Å². The maximum absolute atomic E-state index is 13.1. The van der Waals surface area contributed by atoms with E-state index in [1.807, 2.05) is 0 Å². The lowest BCUT2D eigenvalue weighted by Gasteiger charge is -2.26. The Morgan fingerprint density at radius 2 is 1.77 bits per heavy atom. The lowest BCUT2D eigenvalue weighted by atomic mass is 10.2. The fourth-order valence-corrected chi connectivity index (χ4v) is 4.00. The molecule has 1 aromatic carbocycles. The van der Waals surface area contributed by atoms with Crippen molar-refractivity contribution in [2.45, 2.75) is 38.8 Å². The number of ether oxygens (including phenoxy) is 1. The first-order chi connectivity index (χ1) is 18.7. The highest BCUT2D eigenvalue weighted by Crippen LogP contribution is 2.30. The number of carbonyl (C=O) groups is 2. The van der Waals surface area contributed by atoms with E-state index in [0.29, 0.717) is 9.92 Å². The number of carbonyl (C=O) groups excluding carboxylic acids is 2. The molecule has 0 aliphatic heterocycles. The molecule has 0 aliphatic rings. The van der Waals surface area contributed by atoms with Gasteiger partial charge in [-0.3, -0.25) is 20.1 Å². The second-order valence-corrected chi connectivity index (χ2v) is 9.43. The third-order valence-electron chi connectivity index (χ3n) is 5.19. The molecule has 2 atom stereocenters. The molecule has 0 radical (unpaired) electrons. The van der Waals surface area contributed by atoms with Gasteiger partial charge in [-0.15, -0.1) is 5.10 Å². The Bertz CT molecular complexity index is 1380. The standard InChI is InChI=1S/C23H21Cl3F3N7O4/c1-11(40-12(2)37)21-33-18(34-36(21)19-15(25)7-31-8-16(19)26)9-32-22(39)35(10-17(38)23(27,28)29)20(30)13-3-5-14(24)6-4-13/h3-8,11,17,30,38H,9-10H2,1-2H3,(H,32,39)/t11-,17-/m0/s1. The van der Waals surface area contributed by atoms with E-state index in [0.717, 1.165) is 0 Å². The molecular formula is C23H21Cl3F3N7O4. The van der Waals surface area contributed by atoms with E-state index in [-0.39, 0.29) is 32.9 Å². The van der Waals surface area contributed by atoms with Crippen molar-refractivity contribution in [3.05, 3.63) is 68.9 Å². The molecular weight excluding hydrogens is 602 g/mol. The Balaban J connectivity index is 1.91. The number of urea groups is 1. The van der Waals surface area contributed by atoms with Crippen LogP contribution in [0.15, 0.2) is 36.7 Å². The van der Waals surface area contributed by atoms with Gasteiger partial charge < -0.3 is 15.2 Å². The smallest absolute Gasteiger partial charge is 0.416 e. The number of esters is 1. The van der Waals surface area contributed by atoms with Crippen LogP contribution >= 0.6 is 34.8 Å². The Morgan fingerprint density at radius 3 is 2.33 bits per heavy atom. The fraction of sp³-hybridized carbons (Fsp3) is 0.304. The first kappa shape index (κ1) is 31.1. The molecule has 3 N–H and O–H groups in total. The number of rotatable bonds is 8. The zero-order chi connectivity index (χ0) is 29.8. The first-order valence-corrected chi connectivity index (χ1v) is 12.4. The van der Waals surface area contributed by atoms with E-state index in [4.69, 9.17) is 44.9 Å². The minimum atomic E-state index is -5.05. The topological polar surface area (TPSA) is 146 Å². The van der Waals surface area contributed by atoms with Crippen LogP contribution in [0.4, 0.5) is 18.0 Å². The number of alkyl halides is 3. The molecule has 0 spiro atoms. The summed E-state index contributed by atoms with van der Waals surface area (Å²) in [7, 11) is 0. The van der Waals surface area contributed by atoms with E-state index in [1.165, 1.54) is 55.2 Å². The van der Waals surface area contributed by atoms with Crippen molar-refractivity contribution < 1.29 is 32.6 Å². The number of aliphatic hydroxyl groups excluding tert-OH is 1. The molecule has 0 unspecified atom stereocenters. The third kappa shape index (κ3) is 7.59. The van der Waals surface area contributed by atoms with Gasteiger partial charge in [0.1, 0.15) is 11.5 Å². The van der Waals surface area contributed by atoms with Crippen LogP contribution in [0.1, 0.15) is 37.2 Å². The first-order valence-electron chi connectivity index (χ1n) is 11.3. The number of aliphatic hydroxyl groups is 1. The predicted molar refractivity (Wildman–Crippen MR) is 139 cm³/mol. The maximum Gasteiger partial charge on any atom is 0.416 e. The van der Waals surface area contributed by atoms with Crippen molar-refractivity contribution in [3.63, 3.8) is 0 Å². The number of hydrogen-bond donors (Lipinski definition) is 3. The Kier molecular flexibility index (Phi) is 9.95. The molecule has 3 aromatic rings. The highest BCUT2D eigenvalue weighted by atomic mass is 35.5. The lowest BCUT2D eigenvalue weighted by Crippen LogP contribution is -2.50. The SMILES string of the molecule is CC(=O)O[C@@H](C)c1nc(CNC(=O)N(C[C@H](O)C(F)(F)F)C(=N)c2ccc(Cl)cc2)nn1-c1c(Cl)cncc1Cl. The van der Waals surface area contributed by atoms with Crippen LogP contribution in [0.25, 0.3) is 5.69 Å². The van der Waals surface area contributed by atoms with E-state index < -0.39 is 49.3 Å². The molecule has 0 bridgehead atoms. The Labute approximate surface area is 240 Å². The summed E-state index contributed by atoms with van der Waals surface area (Å²) in [6.45, 7) is 0.972. The summed E-state index contributed by atoms with van der Waals surface area (Å²) >= 11 is 18.3. The van der Waals surface area contributed by atoms with Crippen molar-refractivity contribution in [1.29, 1.82) is 5.41 Å². The zero-order valence-corrected chi connectivity index (χ0v) is 23.0. The maximum atomic E-state index is 13.1. The van der Waals surface area contributed by atoms with Crippen molar-refractivity contribution >= 4 is 52.6 Å². The number of nitrogens with zero attached hydrogens (tertiary/aromatic N) is 5. The van der Waals surface area contributed by atoms with Gasteiger partial charge in [-0.05, 0) is 31.2 Å². The second-order valence-electron chi connectivity index (χ2n) is 8.18. The molecule has 0 saturated carbocycles. The number of aromatic nitrogens is 4. The van der Waals surface area contributed by atoms with E-state index in [9.17, 15) is 27.9 Å². The number of benzene rings is 1. The van der Waals surface area contributed by atoms with E-state index in [1.54, 1.807) is 0 Å². The van der Waals surface area contributed by atoms with Gasteiger partial charge >= 0.3 is 18.2 Å². The van der Waals surface area contributed by atoms with Crippen molar-refractivity contribution in [1.82, 2.24) is 30.0 Å². The summed E-state index contributed by atoms with van der Waals surface area (Å²) in [6, 6.07) is 4.28. The normalized spacial score (nSPS) is 12.9. The zero-order valence-electron chi connectivity index (χ0n) is 20.7. The number of pyridine rings is 1. The molecule has 2 amide bonds. The van der Waals surface area contributed by atoms with Gasteiger partial charge in [0.05, 0.1) is 23.1 Å². The van der Waals surface area contributed by atoms with Crippen molar-refractivity contribution in [2.75, 3.05) is 6.54 Å². The molecule has 2 heterocycles. The summed E-state index contributed by atoms with van der Waals surface area (Å²) in [5, 5.41) is 25.0. The third-order valence-corrected chi connectivity index (χ3v) is 5.99. The minimum Gasteiger partial charge on any atom is -0.455 e. The highest BCUT2D eigenvalue weighted by Gasteiger charge is 2.41. The molecule has 0 saturated heterocycles. The highest BCUT2D eigenvalue weighted by molar-refractivity contribution is 6.37. The molecule has 17 heteroatoms. The van der Waals surface area contributed by atoms with Crippen molar-refractivity contribution in [2.24, 2.45) is 0 Å². The van der Waals surface area contributed by atoms with E-state index >= 15 is 0 Å². The Hall–Kier alpha value is -3.46. The summed E-state index contributed by atoms with van der Waals surface area (Å²) in [6.07, 6.45) is -6.36. The number of amides is 2. The summed E-state index contributed by atoms with van der Waals surface area (Å²) in [5.74, 6) is -1.26. The van der Waals surface area contributed by atoms with Gasteiger partial charge in [-0.2, -0.15) is 13.2 Å². The molecule has 0 aliphatic carbocycles. The molecule has 2 aromatic heterocycles. The number of amidine groups is 1. The second kappa shape index (κ2) is 12.8. The molecule has 0 fully saturated rings. The molecule has 11 nitrogen and oxygen atoms in total. The summed E-state index contributed by atoms with van der Waals surface area (Å²) in [5.41, 5.74) is 0.215. The van der Waals surface area contributed by atoms with Crippen LogP contribution in [0.3, 0.4) is 0 Å². The van der Waals surface area contributed by atoms with Gasteiger partial charge in [0.25, 0.3) is 0 Å². The average Bonchev–Trinajstić information content (AvgIpc) is 3.28. The number of nitrogens with one attached hydrogen (secondary N) is 2. The van der Waals surface area contributed by atoms with Gasteiger partial charge in [0.2, 0.25) is 0 Å². The minimum absolute atomic E-state index is 0.0627. The van der Waals surface area contributed by atoms with Crippen LogP contribution < -0.4 is 5.32 Å². The summed E-state index contributed by atoms with van der Waals surface area (Å²) < 4.78 is 45.7. The monoisotopic (exact) mass is 621 g/mol. The number of hydrogen-bond acceptors (Lipinski definition) is 8. The van der Waals surface area contributed by atoms with Crippen LogP contribution in [-0.2, 0) is 16.1 Å². The average molecular weight is 623 g/mol. The largest absolute Gasteiger partial charge is 0.455 e. The lowest BCUT2D eigenvalue weighted by molar-refractivity contribution is -0.204. The molecule has 3 rings (SSSR count). The fourth-order valence-electron chi connectivity index (χ4n) is 3.35. The quantitative estimate of drug-likeness (QED) is 0.187. The predicted octanol–water partition coefficient (Wildman–Crippen LogP) is 4.71. The number of halogens is 6. The molecule has 40 heavy (non-hydrogen) atoms. The Morgan fingerprint density at radius 1 is 1.18 bits per heavy atom. The van der Waals surface area contributed by atoms with E-state index in [2.05, 4.69) is 20.4 Å².